The molecular weight excluding hydrogens is 586 g/mol. The second-order valence-corrected chi connectivity index (χ2v) is 13.2. The van der Waals surface area contributed by atoms with E-state index < -0.39 is 53.4 Å². The minimum Gasteiger partial charge on any atom is -0.480 e. The number of carbonyl (C=O) groups excluding carboxylic acids is 4. The molecule has 0 spiro atoms. The number of carboxylic acids is 1. The van der Waals surface area contributed by atoms with Gasteiger partial charge in [0.25, 0.3) is 11.8 Å². The molecule has 2 N–H and O–H groups in total. The molecule has 1 heterocycles. The number of aliphatic carboxylic acids is 1. The normalized spacial score (nSPS) is 15.1. The maximum atomic E-state index is 13.9. The van der Waals surface area contributed by atoms with Crippen LogP contribution in [0, 0.1) is 5.92 Å². The van der Waals surface area contributed by atoms with E-state index in [0.717, 1.165) is 21.2 Å². The molecule has 0 unspecified atom stereocenters. The van der Waals surface area contributed by atoms with Crippen LogP contribution in [-0.2, 0) is 25.5 Å². The Morgan fingerprint density at radius 2 is 1.43 bits per heavy atom. The number of ether oxygens (including phenoxy) is 1. The van der Waals surface area contributed by atoms with Gasteiger partial charge in [-0.1, -0.05) is 68.4 Å². The number of benzene rings is 3. The van der Waals surface area contributed by atoms with Crippen LogP contribution in [0.25, 0.3) is 10.8 Å². The summed E-state index contributed by atoms with van der Waals surface area (Å²) < 4.78 is 5.68. The number of carboxylic acid groups (broad SMARTS) is 1. The molecule has 0 aromatic heterocycles. The van der Waals surface area contributed by atoms with Crippen LogP contribution >= 0.6 is 0 Å². The first kappa shape index (κ1) is 34.3. The standard InChI is InChI=1S/C36H43N3O7/c1-22(2)18-29(33(42)38(6)30(34(43)44)19-23-12-8-7-9-13-23)37-28(35(45)46-36(3,4)5)16-17-39-31(40)26-20-24-14-10-11-15-25(24)21-27(26)32(39)41/h7-15,20-22,28-30,37H,16-19H2,1-6H3,(H,43,44)/t28-,29+,30+/m1/s1. The van der Waals surface area contributed by atoms with Crippen LogP contribution in [0.4, 0.5) is 0 Å². The van der Waals surface area contributed by atoms with E-state index in [1.165, 1.54) is 11.9 Å². The zero-order valence-electron chi connectivity index (χ0n) is 27.3. The average molecular weight is 630 g/mol. The summed E-state index contributed by atoms with van der Waals surface area (Å²) in [5.41, 5.74) is 0.532. The summed E-state index contributed by atoms with van der Waals surface area (Å²) in [7, 11) is 1.45. The van der Waals surface area contributed by atoms with E-state index in [9.17, 15) is 29.1 Å². The Bertz CT molecular complexity index is 1560. The number of carbonyl (C=O) groups is 5. The zero-order chi connectivity index (χ0) is 33.8. The van der Waals surface area contributed by atoms with E-state index in [0.29, 0.717) is 17.5 Å². The molecule has 0 aliphatic carbocycles. The third-order valence-corrected chi connectivity index (χ3v) is 7.95. The minimum atomic E-state index is -1.15. The highest BCUT2D eigenvalue weighted by molar-refractivity contribution is 6.23. The molecule has 3 aromatic carbocycles. The molecule has 4 rings (SSSR count). The Morgan fingerprint density at radius 1 is 0.891 bits per heavy atom. The van der Waals surface area contributed by atoms with Gasteiger partial charge in [-0.15, -0.1) is 0 Å². The maximum Gasteiger partial charge on any atom is 0.326 e. The lowest BCUT2D eigenvalue weighted by molar-refractivity contribution is -0.159. The van der Waals surface area contributed by atoms with Gasteiger partial charge in [0.15, 0.2) is 0 Å². The molecule has 0 saturated heterocycles. The maximum absolute atomic E-state index is 13.9. The number of likely N-dealkylation sites (N-methyl/N-ethyl adjacent to an activating group) is 1. The van der Waals surface area contributed by atoms with E-state index in [4.69, 9.17) is 4.74 Å². The lowest BCUT2D eigenvalue weighted by Gasteiger charge is -2.33. The summed E-state index contributed by atoms with van der Waals surface area (Å²) in [5.74, 6) is -3.17. The Labute approximate surface area is 269 Å². The van der Waals surface area contributed by atoms with Crippen molar-refractivity contribution < 1.29 is 33.8 Å². The second kappa shape index (κ2) is 14.2. The van der Waals surface area contributed by atoms with Crippen molar-refractivity contribution in [3.05, 3.63) is 83.4 Å². The Hall–Kier alpha value is -4.57. The number of rotatable bonds is 13. The van der Waals surface area contributed by atoms with Gasteiger partial charge < -0.3 is 14.7 Å². The third-order valence-electron chi connectivity index (χ3n) is 7.95. The lowest BCUT2D eigenvalue weighted by Crippen LogP contribution is -2.56. The molecular formula is C36H43N3O7. The van der Waals surface area contributed by atoms with E-state index in [1.54, 1.807) is 57.2 Å². The van der Waals surface area contributed by atoms with Crippen molar-refractivity contribution in [3.8, 4) is 0 Å². The summed E-state index contributed by atoms with van der Waals surface area (Å²) in [4.78, 5) is 68.8. The molecule has 0 radical (unpaired) electrons. The summed E-state index contributed by atoms with van der Waals surface area (Å²) in [5, 5.41) is 14.9. The van der Waals surface area contributed by atoms with Gasteiger partial charge >= 0.3 is 11.9 Å². The van der Waals surface area contributed by atoms with E-state index in [2.05, 4.69) is 5.32 Å². The fourth-order valence-corrected chi connectivity index (χ4v) is 5.66. The highest BCUT2D eigenvalue weighted by atomic mass is 16.6. The van der Waals surface area contributed by atoms with Gasteiger partial charge in [0, 0.05) is 20.0 Å². The van der Waals surface area contributed by atoms with Crippen LogP contribution < -0.4 is 5.32 Å². The number of nitrogens with zero attached hydrogens (tertiary/aromatic N) is 2. The highest BCUT2D eigenvalue weighted by Gasteiger charge is 2.39. The van der Waals surface area contributed by atoms with Gasteiger partial charge in [-0.25, -0.2) is 4.79 Å². The van der Waals surface area contributed by atoms with Crippen molar-refractivity contribution in [1.29, 1.82) is 0 Å². The van der Waals surface area contributed by atoms with Crippen molar-refractivity contribution in [1.82, 2.24) is 15.1 Å². The summed E-state index contributed by atoms with van der Waals surface area (Å²) in [6, 6.07) is 16.8. The number of amides is 3. The van der Waals surface area contributed by atoms with Gasteiger partial charge in [-0.05, 0) is 68.0 Å². The Balaban J connectivity index is 1.57. The first-order valence-corrected chi connectivity index (χ1v) is 15.6. The molecule has 46 heavy (non-hydrogen) atoms. The molecule has 0 bridgehead atoms. The van der Waals surface area contributed by atoms with Crippen molar-refractivity contribution in [2.75, 3.05) is 13.6 Å². The Morgan fingerprint density at radius 3 is 1.93 bits per heavy atom. The second-order valence-electron chi connectivity index (χ2n) is 13.2. The summed E-state index contributed by atoms with van der Waals surface area (Å²) >= 11 is 0. The van der Waals surface area contributed by atoms with Crippen LogP contribution in [0.3, 0.4) is 0 Å². The molecule has 3 amide bonds. The SMILES string of the molecule is CC(C)C[C@H](N[C@H](CCN1C(=O)c2cc3ccccc3cc2C1=O)C(=O)OC(C)(C)C)C(=O)N(C)[C@@H](Cc1ccccc1)C(=O)O. The molecule has 1 aliphatic rings. The first-order chi connectivity index (χ1) is 21.7. The van der Waals surface area contributed by atoms with Crippen molar-refractivity contribution in [3.63, 3.8) is 0 Å². The summed E-state index contributed by atoms with van der Waals surface area (Å²) in [6.45, 7) is 8.93. The molecule has 3 aromatic rings. The van der Waals surface area contributed by atoms with Gasteiger partial charge in [-0.2, -0.15) is 0 Å². The van der Waals surface area contributed by atoms with E-state index >= 15 is 0 Å². The summed E-state index contributed by atoms with van der Waals surface area (Å²) in [6.07, 6.45) is 0.397. The predicted molar refractivity (Wildman–Crippen MR) is 174 cm³/mol. The zero-order valence-corrected chi connectivity index (χ0v) is 27.3. The fraction of sp³-hybridized carbons (Fsp3) is 0.417. The number of esters is 1. The number of nitrogens with one attached hydrogen (secondary N) is 1. The average Bonchev–Trinajstić information content (AvgIpc) is 3.22. The monoisotopic (exact) mass is 629 g/mol. The molecule has 244 valence electrons. The van der Waals surface area contributed by atoms with Gasteiger partial charge in [-0.3, -0.25) is 29.4 Å². The highest BCUT2D eigenvalue weighted by Crippen LogP contribution is 2.28. The predicted octanol–water partition coefficient (Wildman–Crippen LogP) is 4.69. The van der Waals surface area contributed by atoms with Crippen molar-refractivity contribution in [2.24, 2.45) is 5.92 Å². The van der Waals surface area contributed by atoms with Crippen LogP contribution in [0.5, 0.6) is 0 Å². The topological polar surface area (TPSA) is 133 Å². The Kier molecular flexibility index (Phi) is 10.6. The fourth-order valence-electron chi connectivity index (χ4n) is 5.66. The molecule has 1 aliphatic heterocycles. The smallest absolute Gasteiger partial charge is 0.326 e. The van der Waals surface area contributed by atoms with Crippen LogP contribution in [0.2, 0.25) is 0 Å². The number of hydrogen-bond acceptors (Lipinski definition) is 7. The number of hydrogen-bond donors (Lipinski definition) is 2. The third kappa shape index (κ3) is 8.17. The molecule has 0 fully saturated rings. The van der Waals surface area contributed by atoms with Crippen LogP contribution in [-0.4, -0.2) is 81.9 Å². The van der Waals surface area contributed by atoms with Crippen LogP contribution in [0.15, 0.2) is 66.7 Å². The van der Waals surface area contributed by atoms with Gasteiger partial charge in [0.1, 0.15) is 17.7 Å². The minimum absolute atomic E-state index is 0.0110. The van der Waals surface area contributed by atoms with E-state index in [-0.39, 0.29) is 25.3 Å². The van der Waals surface area contributed by atoms with E-state index in [1.807, 2.05) is 44.2 Å². The molecule has 10 nitrogen and oxygen atoms in total. The first-order valence-electron chi connectivity index (χ1n) is 15.6. The molecule has 3 atom stereocenters. The largest absolute Gasteiger partial charge is 0.480 e. The van der Waals surface area contributed by atoms with Crippen molar-refractivity contribution in [2.45, 2.75) is 77.6 Å². The molecule has 10 heteroatoms. The number of imide groups is 1. The van der Waals surface area contributed by atoms with Crippen molar-refractivity contribution >= 4 is 40.4 Å². The van der Waals surface area contributed by atoms with Gasteiger partial charge in [0.05, 0.1) is 17.2 Å². The van der Waals surface area contributed by atoms with Crippen LogP contribution in [0.1, 0.15) is 73.7 Å². The van der Waals surface area contributed by atoms with Gasteiger partial charge in [0.2, 0.25) is 5.91 Å². The molecule has 0 saturated carbocycles. The lowest BCUT2D eigenvalue weighted by atomic mass is 9.99. The quantitative estimate of drug-likeness (QED) is 0.206. The number of fused-ring (bicyclic) bond motifs is 2.